The highest BCUT2D eigenvalue weighted by molar-refractivity contribution is 5.94. The molecule has 0 spiro atoms. The van der Waals surface area contributed by atoms with E-state index in [-0.39, 0.29) is 5.91 Å². The summed E-state index contributed by atoms with van der Waals surface area (Å²) in [5.74, 6) is 1.56. The molecule has 0 atom stereocenters. The van der Waals surface area contributed by atoms with Gasteiger partial charge in [-0.15, -0.1) is 0 Å². The molecule has 1 amide bonds. The Morgan fingerprint density at radius 2 is 1.76 bits per heavy atom. The molecular formula is C24H26N2O3. The Morgan fingerprint density at radius 1 is 1.03 bits per heavy atom. The quantitative estimate of drug-likeness (QED) is 0.593. The Hall–Kier alpha value is -3.34. The van der Waals surface area contributed by atoms with Crippen LogP contribution in [0.2, 0.25) is 0 Å². The Labute approximate surface area is 171 Å². The van der Waals surface area contributed by atoms with Crippen LogP contribution in [0.5, 0.6) is 11.5 Å². The zero-order valence-electron chi connectivity index (χ0n) is 17.3. The molecular weight excluding hydrogens is 364 g/mol. The summed E-state index contributed by atoms with van der Waals surface area (Å²) >= 11 is 0. The van der Waals surface area contributed by atoms with Crippen LogP contribution in [0.1, 0.15) is 32.6 Å². The van der Waals surface area contributed by atoms with Gasteiger partial charge in [0.05, 0.1) is 7.11 Å². The topological polar surface area (TPSA) is 51.7 Å². The van der Waals surface area contributed by atoms with Crippen molar-refractivity contribution in [3.8, 4) is 11.5 Å². The first-order valence-corrected chi connectivity index (χ1v) is 9.49. The van der Waals surface area contributed by atoms with Crippen LogP contribution < -0.4 is 9.47 Å². The van der Waals surface area contributed by atoms with Gasteiger partial charge in [0, 0.05) is 37.1 Å². The van der Waals surface area contributed by atoms with E-state index in [1.54, 1.807) is 31.5 Å². The van der Waals surface area contributed by atoms with E-state index in [9.17, 15) is 4.79 Å². The number of carbonyl (C=O) groups excluding carboxylic acids is 1. The van der Waals surface area contributed by atoms with Gasteiger partial charge in [-0.3, -0.25) is 9.78 Å². The van der Waals surface area contributed by atoms with E-state index < -0.39 is 0 Å². The van der Waals surface area contributed by atoms with Crippen molar-refractivity contribution in [1.29, 1.82) is 0 Å². The van der Waals surface area contributed by atoms with E-state index in [0.717, 1.165) is 33.8 Å². The molecule has 5 nitrogen and oxygen atoms in total. The average Bonchev–Trinajstić information content (AvgIpc) is 2.73. The van der Waals surface area contributed by atoms with Gasteiger partial charge < -0.3 is 14.4 Å². The molecule has 0 aliphatic rings. The van der Waals surface area contributed by atoms with Crippen molar-refractivity contribution in [2.24, 2.45) is 0 Å². The molecule has 0 unspecified atom stereocenters. The lowest BCUT2D eigenvalue weighted by molar-refractivity contribution is 0.0784. The molecule has 2 aromatic carbocycles. The predicted octanol–water partition coefficient (Wildman–Crippen LogP) is 4.56. The third kappa shape index (κ3) is 5.13. The van der Waals surface area contributed by atoms with Gasteiger partial charge in [0.25, 0.3) is 5.91 Å². The maximum absolute atomic E-state index is 12.9. The molecule has 0 fully saturated rings. The summed E-state index contributed by atoms with van der Waals surface area (Å²) < 4.78 is 11.3. The Kier molecular flexibility index (Phi) is 6.50. The Morgan fingerprint density at radius 3 is 2.41 bits per heavy atom. The third-order valence-electron chi connectivity index (χ3n) is 4.71. The summed E-state index contributed by atoms with van der Waals surface area (Å²) in [5, 5.41) is 0. The van der Waals surface area contributed by atoms with Crippen LogP contribution in [-0.2, 0) is 13.2 Å². The summed E-state index contributed by atoms with van der Waals surface area (Å²) in [6.07, 6.45) is 3.53. The molecule has 0 radical (unpaired) electrons. The SMILES string of the molecule is COc1cccc(CN(C)C(=O)c2cc(C)c(OCc3cccnc3)c(C)c2)c1. The fourth-order valence-corrected chi connectivity index (χ4v) is 3.28. The molecule has 1 heterocycles. The van der Waals surface area contributed by atoms with Gasteiger partial charge in [-0.05, 0) is 60.9 Å². The van der Waals surface area contributed by atoms with Crippen molar-refractivity contribution >= 4 is 5.91 Å². The maximum atomic E-state index is 12.9. The summed E-state index contributed by atoms with van der Waals surface area (Å²) in [6.45, 7) is 4.88. The van der Waals surface area contributed by atoms with Crippen LogP contribution in [0, 0.1) is 13.8 Å². The summed E-state index contributed by atoms with van der Waals surface area (Å²) in [6, 6.07) is 15.4. The number of aromatic nitrogens is 1. The van der Waals surface area contributed by atoms with Crippen molar-refractivity contribution < 1.29 is 14.3 Å². The van der Waals surface area contributed by atoms with Crippen molar-refractivity contribution in [1.82, 2.24) is 9.88 Å². The van der Waals surface area contributed by atoms with Gasteiger partial charge in [-0.1, -0.05) is 18.2 Å². The van der Waals surface area contributed by atoms with E-state index in [0.29, 0.717) is 18.7 Å². The molecule has 0 aliphatic heterocycles. The monoisotopic (exact) mass is 390 g/mol. The van der Waals surface area contributed by atoms with Crippen LogP contribution in [-0.4, -0.2) is 29.9 Å². The summed E-state index contributed by atoms with van der Waals surface area (Å²) in [7, 11) is 3.44. The van der Waals surface area contributed by atoms with E-state index in [1.807, 2.05) is 62.4 Å². The second-order valence-corrected chi connectivity index (χ2v) is 7.10. The number of rotatable bonds is 7. The first kappa shape index (κ1) is 20.4. The van der Waals surface area contributed by atoms with Crippen molar-refractivity contribution in [2.75, 3.05) is 14.2 Å². The number of hydrogen-bond donors (Lipinski definition) is 0. The number of aryl methyl sites for hydroxylation is 2. The number of hydrogen-bond acceptors (Lipinski definition) is 4. The second kappa shape index (κ2) is 9.24. The number of amides is 1. The number of nitrogens with zero attached hydrogens (tertiary/aromatic N) is 2. The van der Waals surface area contributed by atoms with Crippen LogP contribution in [0.4, 0.5) is 0 Å². The van der Waals surface area contributed by atoms with E-state index in [2.05, 4.69) is 4.98 Å². The van der Waals surface area contributed by atoms with Crippen LogP contribution >= 0.6 is 0 Å². The molecule has 0 bridgehead atoms. The molecule has 0 aliphatic carbocycles. The van der Waals surface area contributed by atoms with Crippen LogP contribution in [0.15, 0.2) is 60.9 Å². The Balaban J connectivity index is 1.72. The van der Waals surface area contributed by atoms with Gasteiger partial charge in [0.1, 0.15) is 18.1 Å². The van der Waals surface area contributed by atoms with Crippen molar-refractivity contribution in [2.45, 2.75) is 27.0 Å². The minimum atomic E-state index is -0.0298. The van der Waals surface area contributed by atoms with Crippen LogP contribution in [0.25, 0.3) is 0 Å². The number of benzene rings is 2. The first-order chi connectivity index (χ1) is 14.0. The van der Waals surface area contributed by atoms with E-state index in [4.69, 9.17) is 9.47 Å². The normalized spacial score (nSPS) is 10.5. The zero-order chi connectivity index (χ0) is 20.8. The van der Waals surface area contributed by atoms with Crippen molar-refractivity contribution in [3.05, 3.63) is 88.7 Å². The highest BCUT2D eigenvalue weighted by Gasteiger charge is 2.16. The van der Waals surface area contributed by atoms with Crippen molar-refractivity contribution in [3.63, 3.8) is 0 Å². The van der Waals surface area contributed by atoms with E-state index in [1.165, 1.54) is 0 Å². The molecule has 29 heavy (non-hydrogen) atoms. The third-order valence-corrected chi connectivity index (χ3v) is 4.71. The molecule has 0 N–H and O–H groups in total. The molecule has 0 saturated carbocycles. The lowest BCUT2D eigenvalue weighted by Gasteiger charge is -2.20. The molecule has 3 aromatic rings. The van der Waals surface area contributed by atoms with E-state index >= 15 is 0 Å². The lowest BCUT2D eigenvalue weighted by Crippen LogP contribution is -2.26. The average molecular weight is 390 g/mol. The number of ether oxygens (including phenoxy) is 2. The molecule has 1 aromatic heterocycles. The van der Waals surface area contributed by atoms with Gasteiger partial charge in [-0.2, -0.15) is 0 Å². The fraction of sp³-hybridized carbons (Fsp3) is 0.250. The minimum absolute atomic E-state index is 0.0298. The lowest BCUT2D eigenvalue weighted by atomic mass is 10.0. The van der Waals surface area contributed by atoms with Gasteiger partial charge in [0.2, 0.25) is 0 Å². The number of methoxy groups -OCH3 is 1. The minimum Gasteiger partial charge on any atom is -0.497 e. The highest BCUT2D eigenvalue weighted by Crippen LogP contribution is 2.26. The number of pyridine rings is 1. The van der Waals surface area contributed by atoms with Gasteiger partial charge in [-0.25, -0.2) is 0 Å². The maximum Gasteiger partial charge on any atom is 0.253 e. The smallest absolute Gasteiger partial charge is 0.253 e. The molecule has 5 heteroatoms. The standard InChI is InChI=1S/C24H26N2O3/c1-17-11-21(12-18(2)23(17)29-16-20-8-6-10-25-14-20)24(27)26(3)15-19-7-5-9-22(13-19)28-4/h5-14H,15-16H2,1-4H3. The molecule has 3 rings (SSSR count). The number of carbonyl (C=O) groups is 1. The predicted molar refractivity (Wildman–Crippen MR) is 113 cm³/mol. The molecule has 0 saturated heterocycles. The largest absolute Gasteiger partial charge is 0.497 e. The van der Waals surface area contributed by atoms with Gasteiger partial charge in [0.15, 0.2) is 0 Å². The van der Waals surface area contributed by atoms with Gasteiger partial charge >= 0.3 is 0 Å². The summed E-state index contributed by atoms with van der Waals surface area (Å²) in [5.41, 5.74) is 4.55. The summed E-state index contributed by atoms with van der Waals surface area (Å²) in [4.78, 5) is 18.8. The Bertz CT molecular complexity index is 963. The highest BCUT2D eigenvalue weighted by atomic mass is 16.5. The molecule has 150 valence electrons. The fourth-order valence-electron chi connectivity index (χ4n) is 3.28. The first-order valence-electron chi connectivity index (χ1n) is 9.49. The second-order valence-electron chi connectivity index (χ2n) is 7.10. The zero-order valence-corrected chi connectivity index (χ0v) is 17.3. The van der Waals surface area contributed by atoms with Crippen LogP contribution in [0.3, 0.4) is 0 Å².